The highest BCUT2D eigenvalue weighted by Crippen LogP contribution is 2.57. The van der Waals surface area contributed by atoms with Crippen molar-refractivity contribution < 1.29 is 9.29 Å². The Balaban J connectivity index is 1.68. The molecule has 0 spiro atoms. The summed E-state index contributed by atoms with van der Waals surface area (Å²) in [6.07, 6.45) is 2.89. The van der Waals surface area contributed by atoms with E-state index in [2.05, 4.69) is 4.72 Å². The molecule has 2 saturated carbocycles. The maximum Gasteiger partial charge on any atom is 0.136 e. The summed E-state index contributed by atoms with van der Waals surface area (Å²) < 4.78 is 20.2. The van der Waals surface area contributed by atoms with E-state index in [1.807, 2.05) is 20.8 Å². The Kier molecular flexibility index (Phi) is 3.55. The predicted molar refractivity (Wildman–Crippen MR) is 66.4 cm³/mol. The van der Waals surface area contributed by atoms with Crippen molar-refractivity contribution in [3.63, 3.8) is 0 Å². The molecule has 0 unspecified atom stereocenters. The van der Waals surface area contributed by atoms with Gasteiger partial charge in [-0.05, 0) is 51.4 Å². The van der Waals surface area contributed by atoms with Crippen LogP contribution in [-0.2, 0) is 16.1 Å². The highest BCUT2D eigenvalue weighted by Gasteiger charge is 2.56. The number of fused-ring (bicyclic) bond motifs is 1. The van der Waals surface area contributed by atoms with E-state index in [1.54, 1.807) is 7.11 Å². The Morgan fingerprint density at radius 1 is 1.31 bits per heavy atom. The zero-order valence-electron chi connectivity index (χ0n) is 10.7. The molecule has 2 rings (SSSR count). The molecule has 2 fully saturated rings. The van der Waals surface area contributed by atoms with Gasteiger partial charge in [-0.25, -0.2) is 0 Å². The second-order valence-electron chi connectivity index (χ2n) is 6.05. The van der Waals surface area contributed by atoms with E-state index in [0.717, 1.165) is 24.3 Å². The highest BCUT2D eigenvalue weighted by molar-refractivity contribution is 7.90. The van der Waals surface area contributed by atoms with E-state index in [1.165, 1.54) is 12.8 Å². The lowest BCUT2D eigenvalue weighted by Gasteiger charge is -2.24. The Labute approximate surface area is 102 Å². The summed E-state index contributed by atoms with van der Waals surface area (Å²) in [6, 6.07) is 0. The van der Waals surface area contributed by atoms with E-state index in [9.17, 15) is 4.55 Å². The summed E-state index contributed by atoms with van der Waals surface area (Å²) in [4.78, 5) is 0. The SMILES string of the molecule is CO[C@@H]1C[C@@H]2[C@@H](CN[S@@+]([O-])C(C)(C)C)[C@@H]2C1. The van der Waals surface area contributed by atoms with Crippen molar-refractivity contribution in [3.8, 4) is 0 Å². The van der Waals surface area contributed by atoms with Crippen LogP contribution in [0, 0.1) is 17.8 Å². The van der Waals surface area contributed by atoms with Crippen molar-refractivity contribution in [2.24, 2.45) is 17.8 Å². The van der Waals surface area contributed by atoms with E-state index in [4.69, 9.17) is 4.74 Å². The average molecular weight is 245 g/mol. The second kappa shape index (κ2) is 4.48. The fourth-order valence-corrected chi connectivity index (χ4v) is 3.59. The third-order valence-corrected chi connectivity index (χ3v) is 5.46. The molecule has 0 aromatic heterocycles. The molecule has 0 heterocycles. The molecule has 1 N–H and O–H groups in total. The van der Waals surface area contributed by atoms with Crippen LogP contribution in [0.2, 0.25) is 0 Å². The van der Waals surface area contributed by atoms with Crippen LogP contribution in [0.4, 0.5) is 0 Å². The molecular weight excluding hydrogens is 222 g/mol. The summed E-state index contributed by atoms with van der Waals surface area (Å²) >= 11 is -0.917. The topological polar surface area (TPSA) is 44.3 Å². The molecular formula is C12H23NO2S. The Bertz CT molecular complexity index is 242. The normalized spacial score (nSPS) is 39.6. The van der Waals surface area contributed by atoms with Gasteiger partial charge in [0.25, 0.3) is 0 Å². The van der Waals surface area contributed by atoms with Gasteiger partial charge in [-0.1, -0.05) is 0 Å². The number of methoxy groups -OCH3 is 1. The minimum Gasteiger partial charge on any atom is -0.598 e. The van der Waals surface area contributed by atoms with Gasteiger partial charge in [0, 0.05) is 25.0 Å². The molecule has 4 heteroatoms. The number of nitrogens with one attached hydrogen (secondary N) is 1. The lowest BCUT2D eigenvalue weighted by atomic mass is 10.1. The van der Waals surface area contributed by atoms with Gasteiger partial charge in [0.15, 0.2) is 0 Å². The average Bonchev–Trinajstić information content (AvgIpc) is 2.67. The second-order valence-corrected chi connectivity index (χ2v) is 8.10. The Hall–Kier alpha value is 0.230. The lowest BCUT2D eigenvalue weighted by molar-refractivity contribution is 0.0937. The molecule has 2 aliphatic rings. The lowest BCUT2D eigenvalue weighted by Crippen LogP contribution is -2.40. The Morgan fingerprint density at radius 2 is 1.88 bits per heavy atom. The molecule has 0 amide bonds. The number of ether oxygens (including phenoxy) is 1. The molecule has 5 atom stereocenters. The first-order chi connectivity index (χ1) is 7.43. The van der Waals surface area contributed by atoms with Crippen LogP contribution >= 0.6 is 0 Å². The minimum atomic E-state index is -0.917. The number of rotatable bonds is 4. The quantitative estimate of drug-likeness (QED) is 0.767. The Morgan fingerprint density at radius 3 is 2.31 bits per heavy atom. The van der Waals surface area contributed by atoms with Crippen LogP contribution in [0.15, 0.2) is 0 Å². The van der Waals surface area contributed by atoms with E-state index in [-0.39, 0.29) is 4.75 Å². The molecule has 0 radical (unpaired) electrons. The summed E-state index contributed by atoms with van der Waals surface area (Å²) in [5.41, 5.74) is 0. The van der Waals surface area contributed by atoms with Crippen LogP contribution < -0.4 is 4.72 Å². The van der Waals surface area contributed by atoms with Crippen molar-refractivity contribution >= 4 is 11.4 Å². The summed E-state index contributed by atoms with van der Waals surface area (Å²) in [7, 11) is 1.80. The monoisotopic (exact) mass is 245 g/mol. The van der Waals surface area contributed by atoms with Crippen molar-refractivity contribution in [3.05, 3.63) is 0 Å². The van der Waals surface area contributed by atoms with E-state index < -0.39 is 11.4 Å². The first-order valence-corrected chi connectivity index (χ1v) is 7.26. The van der Waals surface area contributed by atoms with Crippen molar-refractivity contribution in [2.75, 3.05) is 13.7 Å². The van der Waals surface area contributed by atoms with E-state index >= 15 is 0 Å². The largest absolute Gasteiger partial charge is 0.598 e. The predicted octanol–water partition coefficient (Wildman–Crippen LogP) is 1.71. The van der Waals surface area contributed by atoms with Gasteiger partial charge in [-0.3, -0.25) is 0 Å². The molecule has 0 saturated heterocycles. The fourth-order valence-electron chi connectivity index (χ4n) is 2.81. The summed E-state index contributed by atoms with van der Waals surface area (Å²) in [6.45, 7) is 6.93. The van der Waals surface area contributed by atoms with Crippen LogP contribution in [0.3, 0.4) is 0 Å². The van der Waals surface area contributed by atoms with Crippen molar-refractivity contribution in [1.29, 1.82) is 0 Å². The van der Waals surface area contributed by atoms with Crippen molar-refractivity contribution in [1.82, 2.24) is 4.72 Å². The first kappa shape index (κ1) is 12.7. The molecule has 94 valence electrons. The molecule has 16 heavy (non-hydrogen) atoms. The van der Waals surface area contributed by atoms with Crippen LogP contribution in [0.1, 0.15) is 33.6 Å². The maximum atomic E-state index is 11.8. The van der Waals surface area contributed by atoms with Gasteiger partial charge in [-0.15, -0.1) is 4.72 Å². The summed E-state index contributed by atoms with van der Waals surface area (Å²) in [5.74, 6) is 2.40. The first-order valence-electron chi connectivity index (χ1n) is 6.11. The van der Waals surface area contributed by atoms with Crippen LogP contribution in [-0.4, -0.2) is 29.1 Å². The standard InChI is InChI=1S/C12H23NO2S/c1-12(2,3)16(14)13-7-11-9-5-8(15-4)6-10(9)11/h8-11,13H,5-7H2,1-4H3/t8-,9+,10-,11-,16-/m0/s1. The third kappa shape index (κ3) is 2.55. The zero-order valence-corrected chi connectivity index (χ0v) is 11.5. The van der Waals surface area contributed by atoms with Gasteiger partial charge >= 0.3 is 0 Å². The molecule has 0 aliphatic heterocycles. The maximum absolute atomic E-state index is 11.8. The molecule has 0 aromatic rings. The zero-order chi connectivity index (χ0) is 11.9. The van der Waals surface area contributed by atoms with Crippen molar-refractivity contribution in [2.45, 2.75) is 44.5 Å². The van der Waals surface area contributed by atoms with Crippen LogP contribution in [0.5, 0.6) is 0 Å². The van der Waals surface area contributed by atoms with Gasteiger partial charge in [0.05, 0.1) is 6.10 Å². The molecule has 0 aromatic carbocycles. The van der Waals surface area contributed by atoms with Gasteiger partial charge < -0.3 is 9.29 Å². The highest BCUT2D eigenvalue weighted by atomic mass is 32.2. The van der Waals surface area contributed by atoms with E-state index in [0.29, 0.717) is 6.10 Å². The molecule has 0 bridgehead atoms. The number of hydrogen-bond acceptors (Lipinski definition) is 3. The third-order valence-electron chi connectivity index (χ3n) is 3.92. The number of hydrogen-bond donors (Lipinski definition) is 1. The fraction of sp³-hybridized carbons (Fsp3) is 1.00. The van der Waals surface area contributed by atoms with Gasteiger partial charge in [0.1, 0.15) is 4.75 Å². The van der Waals surface area contributed by atoms with Crippen LogP contribution in [0.25, 0.3) is 0 Å². The van der Waals surface area contributed by atoms with Gasteiger partial charge in [-0.2, -0.15) is 0 Å². The van der Waals surface area contributed by atoms with Gasteiger partial charge in [0.2, 0.25) is 0 Å². The smallest absolute Gasteiger partial charge is 0.136 e. The minimum absolute atomic E-state index is 0.154. The molecule has 3 nitrogen and oxygen atoms in total. The summed E-state index contributed by atoms with van der Waals surface area (Å²) in [5, 5.41) is 0. The molecule has 2 aliphatic carbocycles.